The zero-order chi connectivity index (χ0) is 14.9. The van der Waals surface area contributed by atoms with Gasteiger partial charge in [0.05, 0.1) is 4.90 Å². The highest BCUT2D eigenvalue weighted by Gasteiger charge is 2.26. The number of aryl methyl sites for hydroxylation is 2. The molecule has 5 heteroatoms. The van der Waals surface area contributed by atoms with E-state index in [1.54, 1.807) is 0 Å². The predicted molar refractivity (Wildman–Crippen MR) is 85.5 cm³/mol. The molecule has 1 N–H and O–H groups in total. The van der Waals surface area contributed by atoms with Crippen molar-refractivity contribution in [2.45, 2.75) is 63.8 Å². The Bertz CT molecular complexity index is 605. The fourth-order valence-electron chi connectivity index (χ4n) is 3.06. The van der Waals surface area contributed by atoms with Gasteiger partial charge in [0, 0.05) is 10.5 Å². The van der Waals surface area contributed by atoms with E-state index in [0.717, 1.165) is 46.8 Å². The molecule has 0 amide bonds. The average Bonchev–Trinajstić information content (AvgIpc) is 2.36. The first-order chi connectivity index (χ1) is 9.33. The van der Waals surface area contributed by atoms with E-state index in [4.69, 9.17) is 0 Å². The van der Waals surface area contributed by atoms with Crippen LogP contribution < -0.4 is 4.72 Å². The van der Waals surface area contributed by atoms with E-state index in [1.165, 1.54) is 6.42 Å². The molecule has 0 saturated heterocycles. The van der Waals surface area contributed by atoms with Crippen LogP contribution in [0.2, 0.25) is 0 Å². The number of rotatable bonds is 3. The summed E-state index contributed by atoms with van der Waals surface area (Å²) in [7, 11) is -3.44. The van der Waals surface area contributed by atoms with E-state index in [2.05, 4.69) is 20.7 Å². The Morgan fingerprint density at radius 1 is 1.10 bits per heavy atom. The monoisotopic (exact) mass is 359 g/mol. The van der Waals surface area contributed by atoms with Crippen LogP contribution in [0.3, 0.4) is 0 Å². The van der Waals surface area contributed by atoms with Crippen LogP contribution >= 0.6 is 15.9 Å². The molecule has 1 saturated carbocycles. The lowest BCUT2D eigenvalue weighted by molar-refractivity contribution is 0.412. The molecule has 1 aromatic rings. The summed E-state index contributed by atoms with van der Waals surface area (Å²) in [5.74, 6) is 0. The highest BCUT2D eigenvalue weighted by molar-refractivity contribution is 9.10. The quantitative estimate of drug-likeness (QED) is 0.886. The van der Waals surface area contributed by atoms with Gasteiger partial charge in [-0.05, 0) is 50.3 Å². The second kappa shape index (κ2) is 6.16. The van der Waals surface area contributed by atoms with Crippen molar-refractivity contribution in [1.29, 1.82) is 0 Å². The first kappa shape index (κ1) is 16.0. The molecule has 0 bridgehead atoms. The number of hydrogen-bond acceptors (Lipinski definition) is 2. The summed E-state index contributed by atoms with van der Waals surface area (Å²) in [6, 6.07) is 2.01. The van der Waals surface area contributed by atoms with Gasteiger partial charge in [0.15, 0.2) is 0 Å². The van der Waals surface area contributed by atoms with Crippen molar-refractivity contribution in [3.8, 4) is 0 Å². The molecular weight excluding hydrogens is 338 g/mol. The summed E-state index contributed by atoms with van der Waals surface area (Å²) in [6.07, 6.45) is 5.34. The lowest BCUT2D eigenvalue weighted by atomic mass is 9.96. The molecule has 112 valence electrons. The normalized spacial score (nSPS) is 17.4. The topological polar surface area (TPSA) is 46.2 Å². The molecule has 1 aliphatic carbocycles. The number of halogens is 1. The Morgan fingerprint density at radius 3 is 2.30 bits per heavy atom. The van der Waals surface area contributed by atoms with Crippen molar-refractivity contribution in [1.82, 2.24) is 4.72 Å². The van der Waals surface area contributed by atoms with Gasteiger partial charge in [-0.1, -0.05) is 41.3 Å². The SMILES string of the molecule is Cc1cc(C)c(S(=O)(=O)NC2CCCCC2)c(C)c1Br. The Labute approximate surface area is 130 Å². The van der Waals surface area contributed by atoms with Gasteiger partial charge >= 0.3 is 0 Å². The van der Waals surface area contributed by atoms with E-state index in [1.807, 2.05) is 26.8 Å². The molecule has 2 rings (SSSR count). The minimum absolute atomic E-state index is 0.0904. The number of sulfonamides is 1. The van der Waals surface area contributed by atoms with Crippen molar-refractivity contribution in [3.63, 3.8) is 0 Å². The van der Waals surface area contributed by atoms with Gasteiger partial charge in [0.2, 0.25) is 10.0 Å². The smallest absolute Gasteiger partial charge is 0.208 e. The van der Waals surface area contributed by atoms with Crippen LogP contribution in [0.25, 0.3) is 0 Å². The molecule has 1 aromatic carbocycles. The van der Waals surface area contributed by atoms with Gasteiger partial charge in [-0.3, -0.25) is 0 Å². The molecular formula is C15H22BrNO2S. The maximum Gasteiger partial charge on any atom is 0.241 e. The van der Waals surface area contributed by atoms with Gasteiger partial charge in [-0.2, -0.15) is 0 Å². The predicted octanol–water partition coefficient (Wildman–Crippen LogP) is 3.99. The van der Waals surface area contributed by atoms with Gasteiger partial charge in [0.1, 0.15) is 0 Å². The van der Waals surface area contributed by atoms with E-state index in [0.29, 0.717) is 4.90 Å². The van der Waals surface area contributed by atoms with Gasteiger partial charge in [-0.15, -0.1) is 0 Å². The van der Waals surface area contributed by atoms with Crippen molar-refractivity contribution < 1.29 is 8.42 Å². The average molecular weight is 360 g/mol. The molecule has 0 radical (unpaired) electrons. The third-order valence-electron chi connectivity index (χ3n) is 4.00. The highest BCUT2D eigenvalue weighted by atomic mass is 79.9. The maximum atomic E-state index is 12.7. The van der Waals surface area contributed by atoms with Gasteiger partial charge in [-0.25, -0.2) is 13.1 Å². The summed E-state index contributed by atoms with van der Waals surface area (Å²) in [5.41, 5.74) is 2.67. The first-order valence-electron chi connectivity index (χ1n) is 7.11. The largest absolute Gasteiger partial charge is 0.241 e. The molecule has 20 heavy (non-hydrogen) atoms. The second-order valence-corrected chi connectivity index (χ2v) is 8.18. The van der Waals surface area contributed by atoms with Crippen LogP contribution in [0.4, 0.5) is 0 Å². The van der Waals surface area contributed by atoms with Crippen LogP contribution in [0.1, 0.15) is 48.8 Å². The van der Waals surface area contributed by atoms with Gasteiger partial charge in [0.25, 0.3) is 0 Å². The molecule has 0 heterocycles. The fourth-order valence-corrected chi connectivity index (χ4v) is 5.28. The fraction of sp³-hybridized carbons (Fsp3) is 0.600. The highest BCUT2D eigenvalue weighted by Crippen LogP contribution is 2.30. The van der Waals surface area contributed by atoms with Crippen molar-refractivity contribution in [2.24, 2.45) is 0 Å². The number of hydrogen-bond donors (Lipinski definition) is 1. The lowest BCUT2D eigenvalue weighted by Gasteiger charge is -2.24. The van der Waals surface area contributed by atoms with Crippen LogP contribution in [0, 0.1) is 20.8 Å². The van der Waals surface area contributed by atoms with Crippen LogP contribution in [0.15, 0.2) is 15.4 Å². The van der Waals surface area contributed by atoms with Crippen molar-refractivity contribution in [2.75, 3.05) is 0 Å². The van der Waals surface area contributed by atoms with Crippen LogP contribution in [-0.2, 0) is 10.0 Å². The number of benzene rings is 1. The lowest BCUT2D eigenvalue weighted by Crippen LogP contribution is -2.36. The minimum atomic E-state index is -3.44. The standard InChI is InChI=1S/C15H22BrNO2S/c1-10-9-11(2)15(12(3)14(10)16)20(18,19)17-13-7-5-4-6-8-13/h9,13,17H,4-8H2,1-3H3. The Kier molecular flexibility index (Phi) is 4.92. The molecule has 0 aliphatic heterocycles. The van der Waals surface area contributed by atoms with E-state index in [9.17, 15) is 8.42 Å². The Balaban J connectivity index is 2.36. The summed E-state index contributed by atoms with van der Waals surface area (Å²) < 4.78 is 29.1. The third-order valence-corrected chi connectivity index (χ3v) is 7.03. The number of nitrogens with one attached hydrogen (secondary N) is 1. The Hall–Kier alpha value is -0.390. The molecule has 0 spiro atoms. The molecule has 0 atom stereocenters. The van der Waals surface area contributed by atoms with Gasteiger partial charge < -0.3 is 0 Å². The van der Waals surface area contributed by atoms with Crippen molar-refractivity contribution in [3.05, 3.63) is 27.2 Å². The first-order valence-corrected chi connectivity index (χ1v) is 9.39. The van der Waals surface area contributed by atoms with E-state index in [-0.39, 0.29) is 6.04 Å². The maximum absolute atomic E-state index is 12.7. The summed E-state index contributed by atoms with van der Waals surface area (Å²) >= 11 is 3.49. The van der Waals surface area contributed by atoms with Crippen LogP contribution in [-0.4, -0.2) is 14.5 Å². The van der Waals surface area contributed by atoms with E-state index < -0.39 is 10.0 Å². The van der Waals surface area contributed by atoms with Crippen molar-refractivity contribution >= 4 is 26.0 Å². The Morgan fingerprint density at radius 2 is 1.70 bits per heavy atom. The minimum Gasteiger partial charge on any atom is -0.208 e. The molecule has 1 fully saturated rings. The zero-order valence-electron chi connectivity index (χ0n) is 12.3. The summed E-state index contributed by atoms with van der Waals surface area (Å²) in [5, 5.41) is 0. The zero-order valence-corrected chi connectivity index (χ0v) is 14.7. The molecule has 0 aromatic heterocycles. The molecule has 0 unspecified atom stereocenters. The summed E-state index contributed by atoms with van der Waals surface area (Å²) in [6.45, 7) is 5.70. The molecule has 3 nitrogen and oxygen atoms in total. The second-order valence-electron chi connectivity index (χ2n) is 5.73. The molecule has 1 aliphatic rings. The third kappa shape index (κ3) is 3.26. The van der Waals surface area contributed by atoms with E-state index >= 15 is 0 Å². The van der Waals surface area contributed by atoms with Crippen LogP contribution in [0.5, 0.6) is 0 Å². The summed E-state index contributed by atoms with van der Waals surface area (Å²) in [4.78, 5) is 0.431.